The van der Waals surface area contributed by atoms with Gasteiger partial charge in [0.05, 0.1) is 0 Å². The molecule has 0 amide bonds. The van der Waals surface area contributed by atoms with Crippen molar-refractivity contribution in [3.63, 3.8) is 0 Å². The third-order valence-corrected chi connectivity index (χ3v) is 9.29. The molecule has 0 aliphatic carbocycles. The molecule has 8 aromatic rings. The molecule has 0 radical (unpaired) electrons. The van der Waals surface area contributed by atoms with E-state index in [1.54, 1.807) is 0 Å². The molecule has 0 fully saturated rings. The van der Waals surface area contributed by atoms with E-state index < -0.39 is 6.10 Å². The van der Waals surface area contributed by atoms with E-state index in [0.29, 0.717) is 0 Å². The molecule has 46 heavy (non-hydrogen) atoms. The highest BCUT2D eigenvalue weighted by atomic mass is 16.3. The maximum absolute atomic E-state index is 11.8. The predicted molar refractivity (Wildman–Crippen MR) is 190 cm³/mol. The van der Waals surface area contributed by atoms with E-state index in [1.807, 2.05) is 36.5 Å². The molecule has 6 aromatic carbocycles. The molecule has 0 aliphatic rings. The summed E-state index contributed by atoms with van der Waals surface area (Å²) in [5.74, 6) is 0.108. The number of hydrogen-bond acceptors (Lipinski definition) is 1. The molecular weight excluding hydrogens is 560 g/mol. The van der Waals surface area contributed by atoms with Crippen LogP contribution in [-0.4, -0.2) is 15.1 Å². The Morgan fingerprint density at radius 1 is 0.457 bits per heavy atom. The van der Waals surface area contributed by atoms with Gasteiger partial charge in [0.2, 0.25) is 0 Å². The highest BCUT2D eigenvalue weighted by Gasteiger charge is 2.23. The lowest BCUT2D eigenvalue weighted by molar-refractivity contribution is 0.222. The number of fused-ring (bicyclic) bond motifs is 2. The van der Waals surface area contributed by atoms with Crippen molar-refractivity contribution in [1.29, 1.82) is 0 Å². The molecule has 0 saturated heterocycles. The second-order valence-electron chi connectivity index (χ2n) is 12.0. The van der Waals surface area contributed by atoms with Crippen molar-refractivity contribution in [1.82, 2.24) is 9.97 Å². The fraction of sp³-hybridized carbons (Fsp3) is 0.0698. The first-order valence-electron chi connectivity index (χ1n) is 15.9. The van der Waals surface area contributed by atoms with Crippen LogP contribution in [0, 0.1) is 0 Å². The van der Waals surface area contributed by atoms with E-state index in [-0.39, 0.29) is 5.92 Å². The summed E-state index contributed by atoms with van der Waals surface area (Å²) in [6, 6.07) is 53.1. The number of nitrogens with one attached hydrogen (secondary N) is 2. The van der Waals surface area contributed by atoms with E-state index in [9.17, 15) is 5.11 Å². The lowest BCUT2D eigenvalue weighted by Gasteiger charge is -2.20. The topological polar surface area (TPSA) is 51.8 Å². The summed E-state index contributed by atoms with van der Waals surface area (Å²) in [4.78, 5) is 6.97. The molecule has 3 N–H and O–H groups in total. The van der Waals surface area contributed by atoms with Crippen LogP contribution in [0.25, 0.3) is 44.1 Å². The van der Waals surface area contributed by atoms with Gasteiger partial charge in [0.1, 0.15) is 6.10 Å². The molecule has 2 aromatic heterocycles. The van der Waals surface area contributed by atoms with Crippen molar-refractivity contribution in [2.24, 2.45) is 0 Å². The SMILES string of the molecule is OC(c1ccc(-c2ccccc2)cc1)c1c[nH]c2cccc(CC(c3ccc(-c4ccccc4)cc3)c3c[nH]c4ccccc34)c12. The number of aromatic amines is 2. The van der Waals surface area contributed by atoms with Gasteiger partial charge in [-0.05, 0) is 63.1 Å². The number of benzene rings is 6. The molecule has 0 bridgehead atoms. The first-order valence-corrected chi connectivity index (χ1v) is 15.9. The van der Waals surface area contributed by atoms with E-state index in [2.05, 4.69) is 137 Å². The van der Waals surface area contributed by atoms with Crippen molar-refractivity contribution in [2.45, 2.75) is 18.4 Å². The fourth-order valence-electron chi connectivity index (χ4n) is 6.89. The van der Waals surface area contributed by atoms with Gasteiger partial charge in [-0.3, -0.25) is 0 Å². The second kappa shape index (κ2) is 12.0. The van der Waals surface area contributed by atoms with Gasteiger partial charge >= 0.3 is 0 Å². The van der Waals surface area contributed by atoms with Crippen molar-refractivity contribution >= 4 is 21.8 Å². The van der Waals surface area contributed by atoms with E-state index in [0.717, 1.165) is 45.1 Å². The van der Waals surface area contributed by atoms with Crippen LogP contribution in [0.3, 0.4) is 0 Å². The van der Waals surface area contributed by atoms with Crippen LogP contribution in [0.2, 0.25) is 0 Å². The Morgan fingerprint density at radius 2 is 0.978 bits per heavy atom. The van der Waals surface area contributed by atoms with E-state index in [4.69, 9.17) is 0 Å². The number of aromatic nitrogens is 2. The molecule has 2 unspecified atom stereocenters. The van der Waals surface area contributed by atoms with Crippen LogP contribution in [0.4, 0.5) is 0 Å². The molecule has 0 aliphatic heterocycles. The normalized spacial score (nSPS) is 12.8. The highest BCUT2D eigenvalue weighted by Crippen LogP contribution is 2.38. The quantitative estimate of drug-likeness (QED) is 0.161. The summed E-state index contributed by atoms with van der Waals surface area (Å²) in [7, 11) is 0. The minimum atomic E-state index is -0.753. The average Bonchev–Trinajstić information content (AvgIpc) is 3.77. The van der Waals surface area contributed by atoms with E-state index in [1.165, 1.54) is 33.2 Å². The Bertz CT molecular complexity index is 2230. The van der Waals surface area contributed by atoms with E-state index >= 15 is 0 Å². The molecule has 0 saturated carbocycles. The first-order chi connectivity index (χ1) is 22.7. The number of H-pyrrole nitrogens is 2. The molecule has 3 heteroatoms. The smallest absolute Gasteiger partial charge is 0.106 e. The van der Waals surface area contributed by atoms with Crippen LogP contribution in [0.5, 0.6) is 0 Å². The van der Waals surface area contributed by atoms with Crippen LogP contribution in [0.15, 0.2) is 164 Å². The number of aliphatic hydroxyl groups is 1. The van der Waals surface area contributed by atoms with Crippen LogP contribution in [-0.2, 0) is 6.42 Å². The fourth-order valence-corrected chi connectivity index (χ4v) is 6.89. The summed E-state index contributed by atoms with van der Waals surface area (Å²) in [5.41, 5.74) is 12.4. The lowest BCUT2D eigenvalue weighted by Crippen LogP contribution is -2.06. The second-order valence-corrected chi connectivity index (χ2v) is 12.0. The number of para-hydroxylation sites is 1. The molecule has 2 heterocycles. The first kappa shape index (κ1) is 27.9. The third-order valence-electron chi connectivity index (χ3n) is 9.29. The highest BCUT2D eigenvalue weighted by molar-refractivity contribution is 5.88. The largest absolute Gasteiger partial charge is 0.384 e. The summed E-state index contributed by atoms with van der Waals surface area (Å²) < 4.78 is 0. The zero-order valence-corrected chi connectivity index (χ0v) is 25.4. The summed E-state index contributed by atoms with van der Waals surface area (Å²) in [6.07, 6.45) is 4.17. The Hall–Kier alpha value is -5.64. The van der Waals surface area contributed by atoms with Crippen LogP contribution >= 0.6 is 0 Å². The third kappa shape index (κ3) is 5.21. The maximum atomic E-state index is 11.8. The van der Waals surface area contributed by atoms with Gasteiger partial charge in [-0.25, -0.2) is 0 Å². The summed E-state index contributed by atoms with van der Waals surface area (Å²) in [5, 5.41) is 14.1. The summed E-state index contributed by atoms with van der Waals surface area (Å²) in [6.45, 7) is 0. The zero-order chi connectivity index (χ0) is 30.9. The zero-order valence-electron chi connectivity index (χ0n) is 25.4. The number of hydrogen-bond donors (Lipinski definition) is 3. The van der Waals surface area contributed by atoms with Gasteiger partial charge in [0, 0.05) is 45.7 Å². The van der Waals surface area contributed by atoms with Gasteiger partial charge in [0.15, 0.2) is 0 Å². The predicted octanol–water partition coefficient (Wildman–Crippen LogP) is 10.4. The standard InChI is InChI=1S/C43H34N2O/c46-43(34-24-20-32(21-25-34)30-12-5-2-6-13-30)39-28-45-41-17-9-14-35(42(39)41)26-37(38-27-44-40-16-8-7-15-36(38)40)33-22-18-31(19-23-33)29-10-3-1-4-11-29/h1-25,27-28,37,43-46H,26H2. The van der Waals surface area contributed by atoms with Gasteiger partial charge in [-0.2, -0.15) is 0 Å². The number of rotatable bonds is 8. The maximum Gasteiger partial charge on any atom is 0.106 e. The molecule has 3 nitrogen and oxygen atoms in total. The Morgan fingerprint density at radius 3 is 1.65 bits per heavy atom. The van der Waals surface area contributed by atoms with Gasteiger partial charge < -0.3 is 15.1 Å². The van der Waals surface area contributed by atoms with Gasteiger partial charge in [-0.1, -0.05) is 140 Å². The lowest BCUT2D eigenvalue weighted by atomic mass is 9.83. The van der Waals surface area contributed by atoms with Crippen molar-refractivity contribution in [3.8, 4) is 22.3 Å². The molecular formula is C43H34N2O. The molecule has 2 atom stereocenters. The molecule has 8 rings (SSSR count). The minimum absolute atomic E-state index is 0.108. The Kier molecular flexibility index (Phi) is 7.30. The van der Waals surface area contributed by atoms with Crippen LogP contribution < -0.4 is 0 Å². The minimum Gasteiger partial charge on any atom is -0.384 e. The van der Waals surface area contributed by atoms with Crippen molar-refractivity contribution in [3.05, 3.63) is 192 Å². The van der Waals surface area contributed by atoms with Gasteiger partial charge in [-0.15, -0.1) is 0 Å². The number of aliphatic hydroxyl groups excluding tert-OH is 1. The molecule has 0 spiro atoms. The summed E-state index contributed by atoms with van der Waals surface area (Å²) >= 11 is 0. The Balaban J connectivity index is 1.18. The Labute approximate surface area is 268 Å². The van der Waals surface area contributed by atoms with Crippen molar-refractivity contribution < 1.29 is 5.11 Å². The molecule has 222 valence electrons. The average molecular weight is 595 g/mol. The van der Waals surface area contributed by atoms with Crippen LogP contribution in [0.1, 0.15) is 39.8 Å². The van der Waals surface area contributed by atoms with Gasteiger partial charge in [0.25, 0.3) is 0 Å². The van der Waals surface area contributed by atoms with Crippen molar-refractivity contribution in [2.75, 3.05) is 0 Å². The monoisotopic (exact) mass is 594 g/mol.